The highest BCUT2D eigenvalue weighted by Crippen LogP contribution is 2.43. The second kappa shape index (κ2) is 17.5. The summed E-state index contributed by atoms with van der Waals surface area (Å²) in [6.45, 7) is 18.5. The Hall–Kier alpha value is -3.39. The molecule has 5 heteroatoms. The third-order valence-corrected chi connectivity index (χ3v) is 11.3. The Kier molecular flexibility index (Phi) is 13.2. The first-order chi connectivity index (χ1) is 23.6. The van der Waals surface area contributed by atoms with Crippen molar-refractivity contribution in [1.29, 1.82) is 5.26 Å². The molecule has 0 aromatic heterocycles. The number of halogens is 2. The van der Waals surface area contributed by atoms with Gasteiger partial charge in [-0.1, -0.05) is 91.3 Å². The zero-order valence-corrected chi connectivity index (χ0v) is 30.2. The van der Waals surface area contributed by atoms with Crippen LogP contribution < -0.4 is 0 Å². The van der Waals surface area contributed by atoms with Crippen LogP contribution in [0.3, 0.4) is 0 Å². The minimum atomic E-state index is -0.362. The molecule has 2 fully saturated rings. The van der Waals surface area contributed by atoms with Gasteiger partial charge in [-0.05, 0) is 131 Å². The lowest BCUT2D eigenvalue weighted by molar-refractivity contribution is -0.0663. The summed E-state index contributed by atoms with van der Waals surface area (Å²) in [4.78, 5) is 0. The fourth-order valence-corrected chi connectivity index (χ4v) is 8.16. The van der Waals surface area contributed by atoms with Crippen molar-refractivity contribution in [3.05, 3.63) is 130 Å². The normalized spacial score (nSPS) is 27.6. The van der Waals surface area contributed by atoms with Gasteiger partial charge in [-0.3, -0.25) is 0 Å². The van der Waals surface area contributed by atoms with E-state index in [9.17, 15) is 9.65 Å². The van der Waals surface area contributed by atoms with Crippen molar-refractivity contribution in [2.75, 3.05) is 6.61 Å². The molecule has 5 rings (SSSR count). The molecule has 0 radical (unpaired) electrons. The van der Waals surface area contributed by atoms with Crippen LogP contribution in [0.15, 0.2) is 114 Å². The fourth-order valence-electron chi connectivity index (χ4n) is 8.00. The molecule has 260 valence electrons. The number of nitrogens with zero attached hydrogens (tertiary/aromatic N) is 1. The van der Waals surface area contributed by atoms with Crippen LogP contribution in [0.1, 0.15) is 90.0 Å². The van der Waals surface area contributed by atoms with Gasteiger partial charge in [0.25, 0.3) is 0 Å². The molecule has 0 bridgehead atoms. The molecule has 49 heavy (non-hydrogen) atoms. The summed E-state index contributed by atoms with van der Waals surface area (Å²) in [6.07, 6.45) is 25.2. The molecule has 0 N–H and O–H groups in total. The number of allylic oxidation sites excluding steroid dienone is 11. The lowest BCUT2D eigenvalue weighted by atomic mass is 9.72. The van der Waals surface area contributed by atoms with Gasteiger partial charge in [-0.25, -0.2) is 4.39 Å². The first-order valence-corrected chi connectivity index (χ1v) is 18.6. The SMILES string of the molecule is C=C1/C=C(C2CCCC(CC(C(=C)C)C(CC3=CCC(=C)C(C#N)C=C3C)C[C@@H]3CCO3)CC2)\C=C/CC=C1OCc1ccc(Cl)cc1F. The highest BCUT2D eigenvalue weighted by atomic mass is 35.5. The molecule has 3 aliphatic carbocycles. The van der Waals surface area contributed by atoms with Crippen LogP contribution >= 0.6 is 11.6 Å². The maximum atomic E-state index is 14.4. The van der Waals surface area contributed by atoms with Crippen LogP contribution in [0, 0.1) is 46.7 Å². The van der Waals surface area contributed by atoms with Gasteiger partial charge in [0.05, 0.1) is 18.1 Å². The van der Waals surface area contributed by atoms with Crippen LogP contribution in [0.2, 0.25) is 5.02 Å². The van der Waals surface area contributed by atoms with Gasteiger partial charge in [0.1, 0.15) is 18.2 Å². The van der Waals surface area contributed by atoms with Crippen molar-refractivity contribution in [3.8, 4) is 6.07 Å². The second-order valence-electron chi connectivity index (χ2n) is 14.7. The molecule has 4 aliphatic rings. The minimum Gasteiger partial charge on any atom is -0.489 e. The molecule has 1 saturated heterocycles. The van der Waals surface area contributed by atoms with Crippen molar-refractivity contribution in [2.24, 2.45) is 29.6 Å². The highest BCUT2D eigenvalue weighted by molar-refractivity contribution is 6.30. The van der Waals surface area contributed by atoms with Crippen LogP contribution in [-0.4, -0.2) is 12.7 Å². The van der Waals surface area contributed by atoms with E-state index in [2.05, 4.69) is 70.0 Å². The largest absolute Gasteiger partial charge is 0.489 e. The van der Waals surface area contributed by atoms with Gasteiger partial charge >= 0.3 is 0 Å². The van der Waals surface area contributed by atoms with Crippen molar-refractivity contribution in [2.45, 2.75) is 97.2 Å². The summed E-state index contributed by atoms with van der Waals surface area (Å²) in [5.74, 6) is 2.12. The Morgan fingerprint density at radius 3 is 2.67 bits per heavy atom. The van der Waals surface area contributed by atoms with Crippen LogP contribution in [0.4, 0.5) is 4.39 Å². The highest BCUT2D eigenvalue weighted by Gasteiger charge is 2.33. The summed E-state index contributed by atoms with van der Waals surface area (Å²) in [5.41, 5.74) is 7.44. The predicted octanol–water partition coefficient (Wildman–Crippen LogP) is 12.3. The zero-order chi connectivity index (χ0) is 34.9. The molecule has 0 spiro atoms. The molecular weight excluding hydrogens is 629 g/mol. The van der Waals surface area contributed by atoms with E-state index in [4.69, 9.17) is 21.1 Å². The summed E-state index contributed by atoms with van der Waals surface area (Å²) >= 11 is 5.93. The lowest BCUT2D eigenvalue weighted by Gasteiger charge is -2.36. The Bertz CT molecular complexity index is 1600. The van der Waals surface area contributed by atoms with E-state index in [0.717, 1.165) is 69.1 Å². The van der Waals surface area contributed by atoms with Crippen molar-refractivity contribution in [3.63, 3.8) is 0 Å². The molecule has 0 amide bonds. The van der Waals surface area contributed by atoms with Crippen molar-refractivity contribution in [1.82, 2.24) is 0 Å². The van der Waals surface area contributed by atoms with E-state index in [-0.39, 0.29) is 18.3 Å². The van der Waals surface area contributed by atoms with E-state index in [1.807, 2.05) is 6.08 Å². The van der Waals surface area contributed by atoms with Crippen molar-refractivity contribution < 1.29 is 13.9 Å². The molecule has 1 saturated carbocycles. The van der Waals surface area contributed by atoms with Gasteiger partial charge in [0, 0.05) is 22.8 Å². The topological polar surface area (TPSA) is 42.2 Å². The molecule has 5 unspecified atom stereocenters. The van der Waals surface area contributed by atoms with Gasteiger partial charge < -0.3 is 9.47 Å². The minimum absolute atomic E-state index is 0.131. The molecule has 6 atom stereocenters. The summed E-state index contributed by atoms with van der Waals surface area (Å²) in [5, 5.41) is 10.1. The van der Waals surface area contributed by atoms with E-state index in [1.165, 1.54) is 47.6 Å². The summed E-state index contributed by atoms with van der Waals surface area (Å²) in [6, 6.07) is 7.10. The molecule has 1 heterocycles. The van der Waals surface area contributed by atoms with Gasteiger partial charge in [-0.15, -0.1) is 0 Å². The first-order valence-electron chi connectivity index (χ1n) is 18.2. The Morgan fingerprint density at radius 2 is 1.96 bits per heavy atom. The molecular formula is C44H53ClFNO2. The quantitative estimate of drug-likeness (QED) is 0.163. The third kappa shape index (κ3) is 10.1. The second-order valence-corrected chi connectivity index (χ2v) is 15.1. The number of hydrogen-bond donors (Lipinski definition) is 0. The Labute approximate surface area is 299 Å². The number of benzene rings is 1. The van der Waals surface area contributed by atoms with Crippen molar-refractivity contribution >= 4 is 11.6 Å². The average molecular weight is 682 g/mol. The zero-order valence-electron chi connectivity index (χ0n) is 29.5. The number of ether oxygens (including phenoxy) is 2. The summed E-state index contributed by atoms with van der Waals surface area (Å²) in [7, 11) is 0. The maximum absolute atomic E-state index is 14.4. The van der Waals surface area contributed by atoms with E-state index in [0.29, 0.717) is 46.1 Å². The van der Waals surface area contributed by atoms with E-state index >= 15 is 0 Å². The lowest BCUT2D eigenvalue weighted by Crippen LogP contribution is -2.32. The van der Waals surface area contributed by atoms with E-state index in [1.54, 1.807) is 12.1 Å². The predicted molar refractivity (Wildman–Crippen MR) is 200 cm³/mol. The smallest absolute Gasteiger partial charge is 0.131 e. The Morgan fingerprint density at radius 1 is 1.14 bits per heavy atom. The standard InChI is InChI=1S/C44H53ClFNO2/c1-29(2)42(38(25-41-19-20-48-41)24-35-15-13-30(3)39(27-47)21-31(35)4)23-33-9-8-11-34(16-14-33)36-10-6-7-12-44(32(5)22-36)49-28-37-17-18-40(45)26-43(37)46/h6,10,12,15,17-18,21-22,26,33-34,38-39,41-42H,1,3,5,7-9,11,13-14,16,19-20,23-25,28H2,2,4H3/b10-6-,36-22+,44-12?/t33?,34?,38?,39?,41-,42?/m0/s1. The molecule has 3 nitrogen and oxygen atoms in total. The van der Waals surface area contributed by atoms with Gasteiger partial charge in [0.15, 0.2) is 0 Å². The molecule has 1 aromatic carbocycles. The molecule has 1 aliphatic heterocycles. The average Bonchev–Trinajstić information content (AvgIpc) is 3.35. The van der Waals surface area contributed by atoms with Gasteiger partial charge in [0.2, 0.25) is 0 Å². The monoisotopic (exact) mass is 681 g/mol. The third-order valence-electron chi connectivity index (χ3n) is 11.1. The fraction of sp³-hybridized carbons (Fsp3) is 0.477. The maximum Gasteiger partial charge on any atom is 0.131 e. The first kappa shape index (κ1) is 36.9. The number of hydrogen-bond acceptors (Lipinski definition) is 3. The van der Waals surface area contributed by atoms with Crippen LogP contribution in [-0.2, 0) is 16.1 Å². The van der Waals surface area contributed by atoms with Gasteiger partial charge in [-0.2, -0.15) is 5.26 Å². The van der Waals surface area contributed by atoms with Crippen LogP contribution in [0.25, 0.3) is 0 Å². The Balaban J connectivity index is 1.24. The summed E-state index contributed by atoms with van der Waals surface area (Å²) < 4.78 is 26.4. The number of rotatable bonds is 12. The van der Waals surface area contributed by atoms with E-state index < -0.39 is 0 Å². The van der Waals surface area contributed by atoms with Crippen LogP contribution in [0.5, 0.6) is 0 Å². The molecule has 1 aromatic rings. The number of nitriles is 1.